The van der Waals surface area contributed by atoms with E-state index in [9.17, 15) is 26.0 Å². The van der Waals surface area contributed by atoms with Crippen LogP contribution in [-0.4, -0.2) is 82.0 Å². The maximum Gasteiger partial charge on any atom is 0.209 e. The molecule has 2 fully saturated rings. The Bertz CT molecular complexity index is 909. The molecule has 2 aliphatic heterocycles. The molecule has 0 unspecified atom stereocenters. The van der Waals surface area contributed by atoms with Gasteiger partial charge in [0.15, 0.2) is 19.7 Å². The molecule has 1 aromatic rings. The Morgan fingerprint density at radius 2 is 1.81 bits per heavy atom. The summed E-state index contributed by atoms with van der Waals surface area (Å²) in [6.07, 6.45) is 0.734. The van der Waals surface area contributed by atoms with Gasteiger partial charge in [-0.2, -0.15) is 0 Å². The van der Waals surface area contributed by atoms with E-state index in [0.717, 1.165) is 12.5 Å². The van der Waals surface area contributed by atoms with Gasteiger partial charge in [0, 0.05) is 32.2 Å². The highest BCUT2D eigenvalue weighted by Gasteiger charge is 2.48. The van der Waals surface area contributed by atoms with E-state index in [0.29, 0.717) is 26.2 Å². The predicted molar refractivity (Wildman–Crippen MR) is 93.8 cm³/mol. The first kappa shape index (κ1) is 19.2. The molecule has 2 saturated heterocycles. The Morgan fingerprint density at radius 3 is 2.38 bits per heavy atom. The second kappa shape index (κ2) is 6.90. The highest BCUT2D eigenvalue weighted by molar-refractivity contribution is 7.96. The van der Waals surface area contributed by atoms with Gasteiger partial charge in [0.25, 0.3) is 0 Å². The molecule has 0 bridgehead atoms. The van der Waals surface area contributed by atoms with Crippen molar-refractivity contribution in [2.75, 3.05) is 37.7 Å². The number of piperazine rings is 1. The standard InChI is InChI=1S/C16H21FN2O5S2/c1-12-8-13(2-3-14(12)17)26(23,24)16-10-25(21,22)9-15(16)19-6-4-18(11-20)5-7-19/h2-3,8,11,15-16H,4-7,9-10H2,1H3/t15-,16-/m0/s1. The fraction of sp³-hybridized carbons (Fsp3) is 0.562. The molecular formula is C16H21FN2O5S2. The second-order valence-electron chi connectivity index (χ2n) is 6.82. The number of carbonyl (C=O) groups is 1. The van der Waals surface area contributed by atoms with Crippen LogP contribution in [0.2, 0.25) is 0 Å². The van der Waals surface area contributed by atoms with Gasteiger partial charge >= 0.3 is 0 Å². The molecule has 0 aliphatic carbocycles. The van der Waals surface area contributed by atoms with Gasteiger partial charge in [-0.1, -0.05) is 0 Å². The number of hydrogen-bond acceptors (Lipinski definition) is 6. The zero-order chi connectivity index (χ0) is 19.1. The first-order chi connectivity index (χ1) is 12.1. The molecule has 144 valence electrons. The molecule has 0 radical (unpaired) electrons. The molecule has 2 aliphatic rings. The van der Waals surface area contributed by atoms with Crippen molar-refractivity contribution in [2.45, 2.75) is 23.1 Å². The number of nitrogens with zero attached hydrogens (tertiary/aromatic N) is 2. The number of rotatable bonds is 4. The van der Waals surface area contributed by atoms with Gasteiger partial charge in [0.2, 0.25) is 6.41 Å². The molecule has 2 heterocycles. The normalized spacial score (nSPS) is 26.8. The van der Waals surface area contributed by atoms with E-state index >= 15 is 0 Å². The van der Waals surface area contributed by atoms with Crippen LogP contribution in [0.1, 0.15) is 5.56 Å². The van der Waals surface area contributed by atoms with Crippen LogP contribution in [0.15, 0.2) is 23.1 Å². The van der Waals surface area contributed by atoms with E-state index in [-0.39, 0.29) is 16.2 Å². The first-order valence-electron chi connectivity index (χ1n) is 8.28. The summed E-state index contributed by atoms with van der Waals surface area (Å²) in [6, 6.07) is 2.86. The molecule has 0 saturated carbocycles. The fourth-order valence-electron chi connectivity index (χ4n) is 3.58. The van der Waals surface area contributed by atoms with E-state index in [1.807, 2.05) is 4.90 Å². The van der Waals surface area contributed by atoms with Crippen molar-refractivity contribution >= 4 is 26.1 Å². The molecule has 26 heavy (non-hydrogen) atoms. The molecule has 2 atom stereocenters. The summed E-state index contributed by atoms with van der Waals surface area (Å²) in [4.78, 5) is 14.2. The summed E-state index contributed by atoms with van der Waals surface area (Å²) in [5.74, 6) is -1.17. The van der Waals surface area contributed by atoms with Gasteiger partial charge in [0.1, 0.15) is 5.82 Å². The lowest BCUT2D eigenvalue weighted by molar-refractivity contribution is -0.119. The molecule has 3 rings (SSSR count). The predicted octanol–water partition coefficient (Wildman–Crippen LogP) is -0.153. The van der Waals surface area contributed by atoms with E-state index in [1.54, 1.807) is 4.90 Å². The zero-order valence-electron chi connectivity index (χ0n) is 14.3. The van der Waals surface area contributed by atoms with E-state index in [1.165, 1.54) is 19.1 Å². The molecule has 7 nitrogen and oxygen atoms in total. The lowest BCUT2D eigenvalue weighted by atomic mass is 10.2. The molecule has 1 aromatic carbocycles. The van der Waals surface area contributed by atoms with Crippen LogP contribution in [0.25, 0.3) is 0 Å². The lowest BCUT2D eigenvalue weighted by Gasteiger charge is -2.37. The molecule has 0 N–H and O–H groups in total. The SMILES string of the molecule is Cc1cc(S(=O)(=O)[C@H]2CS(=O)(=O)C[C@@H]2N2CCN(C=O)CC2)ccc1F. The van der Waals surface area contributed by atoms with E-state index < -0.39 is 42.5 Å². The van der Waals surface area contributed by atoms with Crippen LogP contribution >= 0.6 is 0 Å². The van der Waals surface area contributed by atoms with Crippen molar-refractivity contribution in [3.63, 3.8) is 0 Å². The van der Waals surface area contributed by atoms with Gasteiger partial charge in [-0.3, -0.25) is 9.69 Å². The number of carbonyl (C=O) groups excluding carboxylic acids is 1. The first-order valence-corrected chi connectivity index (χ1v) is 11.6. The minimum absolute atomic E-state index is 0.0602. The number of hydrogen-bond donors (Lipinski definition) is 0. The van der Waals surface area contributed by atoms with Crippen molar-refractivity contribution in [1.29, 1.82) is 0 Å². The zero-order valence-corrected chi connectivity index (χ0v) is 16.0. The smallest absolute Gasteiger partial charge is 0.209 e. The molecule has 0 spiro atoms. The van der Waals surface area contributed by atoms with Crippen LogP contribution < -0.4 is 0 Å². The average molecular weight is 404 g/mol. The summed E-state index contributed by atoms with van der Waals surface area (Å²) >= 11 is 0. The summed E-state index contributed by atoms with van der Waals surface area (Å²) in [5.41, 5.74) is 0.197. The topological polar surface area (TPSA) is 91.8 Å². The third-order valence-corrected chi connectivity index (χ3v) is 9.21. The molecule has 10 heteroatoms. The van der Waals surface area contributed by atoms with Crippen LogP contribution in [0.4, 0.5) is 4.39 Å². The van der Waals surface area contributed by atoms with Crippen molar-refractivity contribution in [3.05, 3.63) is 29.6 Å². The average Bonchev–Trinajstić information content (AvgIpc) is 2.94. The summed E-state index contributed by atoms with van der Waals surface area (Å²) in [6.45, 7) is 3.18. The van der Waals surface area contributed by atoms with E-state index in [2.05, 4.69) is 0 Å². The van der Waals surface area contributed by atoms with Gasteiger partial charge < -0.3 is 4.90 Å². The van der Waals surface area contributed by atoms with E-state index in [4.69, 9.17) is 0 Å². The maximum absolute atomic E-state index is 13.5. The Labute approximate surface area is 152 Å². The minimum atomic E-state index is -3.94. The number of sulfone groups is 2. The third kappa shape index (κ3) is 3.63. The number of amides is 1. The quantitative estimate of drug-likeness (QED) is 0.512. The van der Waals surface area contributed by atoms with Gasteiger partial charge in [-0.15, -0.1) is 0 Å². The molecule has 1 amide bonds. The molecular weight excluding hydrogens is 383 g/mol. The largest absolute Gasteiger partial charge is 0.343 e. The fourth-order valence-corrected chi connectivity index (χ4v) is 8.49. The maximum atomic E-state index is 13.5. The summed E-state index contributed by atoms with van der Waals surface area (Å²) < 4.78 is 64.0. The second-order valence-corrected chi connectivity index (χ2v) is 11.1. The van der Waals surface area contributed by atoms with Gasteiger partial charge in [-0.25, -0.2) is 21.2 Å². The Balaban J connectivity index is 1.92. The number of aryl methyl sites for hydroxylation is 1. The Hall–Kier alpha value is -1.52. The lowest BCUT2D eigenvalue weighted by Crippen LogP contribution is -2.54. The number of halogens is 1. The van der Waals surface area contributed by atoms with Crippen LogP contribution in [0.3, 0.4) is 0 Å². The molecule has 0 aromatic heterocycles. The summed E-state index contributed by atoms with van der Waals surface area (Å²) in [5, 5.41) is -1.10. The van der Waals surface area contributed by atoms with Gasteiger partial charge in [-0.05, 0) is 30.7 Å². The summed E-state index contributed by atoms with van der Waals surface area (Å²) in [7, 11) is -7.44. The van der Waals surface area contributed by atoms with Crippen LogP contribution in [-0.2, 0) is 24.5 Å². The van der Waals surface area contributed by atoms with Gasteiger partial charge in [0.05, 0.1) is 21.7 Å². The van der Waals surface area contributed by atoms with Crippen molar-refractivity contribution in [2.24, 2.45) is 0 Å². The third-order valence-electron chi connectivity index (χ3n) is 5.10. The van der Waals surface area contributed by atoms with Crippen LogP contribution in [0.5, 0.6) is 0 Å². The van der Waals surface area contributed by atoms with Crippen molar-refractivity contribution in [3.8, 4) is 0 Å². The Morgan fingerprint density at radius 1 is 1.15 bits per heavy atom. The van der Waals surface area contributed by atoms with Crippen molar-refractivity contribution < 1.29 is 26.0 Å². The Kier molecular flexibility index (Phi) is 5.11. The highest BCUT2D eigenvalue weighted by atomic mass is 32.2. The van der Waals surface area contributed by atoms with Crippen LogP contribution in [0, 0.1) is 12.7 Å². The number of benzene rings is 1. The highest BCUT2D eigenvalue weighted by Crippen LogP contribution is 2.30. The minimum Gasteiger partial charge on any atom is -0.343 e. The van der Waals surface area contributed by atoms with Crippen molar-refractivity contribution in [1.82, 2.24) is 9.80 Å². The monoisotopic (exact) mass is 404 g/mol.